The SMILES string of the molecule is Cc1cc(C(=O)OC(Cc2c(Cl)c[n+]([O-])cc2Cl)c2ccc(OC(F)F)c(OCC3CC3)c2)ccc1NS(C)(=O)=O. The van der Waals surface area contributed by atoms with Crippen molar-refractivity contribution in [1.29, 1.82) is 0 Å². The molecule has 0 saturated heterocycles. The summed E-state index contributed by atoms with van der Waals surface area (Å²) in [7, 11) is -3.54. The molecule has 1 fully saturated rings. The maximum Gasteiger partial charge on any atom is 0.387 e. The Labute approximate surface area is 245 Å². The smallest absolute Gasteiger partial charge is 0.387 e. The third-order valence-electron chi connectivity index (χ3n) is 6.18. The first-order chi connectivity index (χ1) is 19.3. The molecule has 220 valence electrons. The molecule has 14 heteroatoms. The first kappa shape index (κ1) is 30.6. The Hall–Kier alpha value is -3.35. The zero-order chi connectivity index (χ0) is 29.9. The molecule has 41 heavy (non-hydrogen) atoms. The van der Waals surface area contributed by atoms with E-state index in [0.717, 1.165) is 31.5 Å². The normalized spacial score (nSPS) is 14.0. The molecule has 3 aromatic rings. The largest absolute Gasteiger partial charge is 0.619 e. The molecule has 9 nitrogen and oxygen atoms in total. The summed E-state index contributed by atoms with van der Waals surface area (Å²) in [5.74, 6) is -0.581. The number of halogens is 4. The number of hydrogen-bond donors (Lipinski definition) is 1. The highest BCUT2D eigenvalue weighted by molar-refractivity contribution is 7.92. The summed E-state index contributed by atoms with van der Waals surface area (Å²) in [6.07, 6.45) is 4.01. The lowest BCUT2D eigenvalue weighted by atomic mass is 10.0. The second kappa shape index (κ2) is 12.7. The van der Waals surface area contributed by atoms with Gasteiger partial charge in [0.15, 0.2) is 23.9 Å². The first-order valence-electron chi connectivity index (χ1n) is 12.4. The summed E-state index contributed by atoms with van der Waals surface area (Å²) >= 11 is 12.6. The first-order valence-corrected chi connectivity index (χ1v) is 15.0. The van der Waals surface area contributed by atoms with Crippen LogP contribution in [0.5, 0.6) is 11.5 Å². The molecule has 1 aromatic heterocycles. The summed E-state index contributed by atoms with van der Waals surface area (Å²) in [6.45, 7) is -1.16. The van der Waals surface area contributed by atoms with E-state index in [4.69, 9.17) is 32.7 Å². The molecular weight excluding hydrogens is 605 g/mol. The molecule has 2 aromatic carbocycles. The molecule has 0 amide bonds. The van der Waals surface area contributed by atoms with Gasteiger partial charge in [-0.3, -0.25) is 4.72 Å². The van der Waals surface area contributed by atoms with Crippen LogP contribution in [0.2, 0.25) is 10.0 Å². The van der Waals surface area contributed by atoms with Gasteiger partial charge in [-0.15, -0.1) is 0 Å². The zero-order valence-corrected chi connectivity index (χ0v) is 24.2. The van der Waals surface area contributed by atoms with Crippen molar-refractivity contribution in [3.63, 3.8) is 0 Å². The molecule has 1 atom stereocenters. The van der Waals surface area contributed by atoms with E-state index in [9.17, 15) is 27.2 Å². The number of aryl methyl sites for hydroxylation is 1. The number of sulfonamides is 1. The van der Waals surface area contributed by atoms with Crippen LogP contribution in [0.15, 0.2) is 48.8 Å². The molecule has 1 N–H and O–H groups in total. The van der Waals surface area contributed by atoms with E-state index in [0.29, 0.717) is 39.6 Å². The van der Waals surface area contributed by atoms with Gasteiger partial charge < -0.3 is 19.4 Å². The van der Waals surface area contributed by atoms with E-state index in [1.807, 2.05) is 0 Å². The number of carbonyl (C=O) groups is 1. The standard InChI is InChI=1S/C27H26Cl2F2N2O7S/c1-15-9-18(5-7-22(15)32-41(2,36)37)26(34)39-24(11-19-20(28)12-33(35)13-21(19)29)17-6-8-23(40-27(30)31)25(10-17)38-14-16-3-4-16/h5-10,12-13,16,24,27,32H,3-4,11,14H2,1-2H3. The van der Waals surface area contributed by atoms with E-state index in [2.05, 4.69) is 9.46 Å². The molecule has 0 spiro atoms. The van der Waals surface area contributed by atoms with Gasteiger partial charge in [0.25, 0.3) is 0 Å². The van der Waals surface area contributed by atoms with Crippen LogP contribution in [0.25, 0.3) is 0 Å². The van der Waals surface area contributed by atoms with E-state index < -0.39 is 28.7 Å². The highest BCUT2D eigenvalue weighted by Crippen LogP contribution is 2.38. The van der Waals surface area contributed by atoms with Crippen molar-refractivity contribution in [2.24, 2.45) is 5.92 Å². The van der Waals surface area contributed by atoms with Crippen molar-refractivity contribution in [1.82, 2.24) is 0 Å². The third kappa shape index (κ3) is 8.57. The number of alkyl halides is 2. The van der Waals surface area contributed by atoms with Crippen LogP contribution in [0, 0.1) is 18.0 Å². The minimum atomic E-state index is -3.54. The van der Waals surface area contributed by atoms with Crippen molar-refractivity contribution < 1.29 is 40.9 Å². The number of pyridine rings is 1. The molecule has 0 bridgehead atoms. The minimum absolute atomic E-state index is 0.0310. The van der Waals surface area contributed by atoms with Crippen LogP contribution >= 0.6 is 23.2 Å². The fourth-order valence-corrected chi connectivity index (χ4v) is 5.19. The second-order valence-electron chi connectivity index (χ2n) is 9.63. The summed E-state index contributed by atoms with van der Waals surface area (Å²) < 4.78 is 68.4. The Morgan fingerprint density at radius 2 is 1.80 bits per heavy atom. The second-order valence-corrected chi connectivity index (χ2v) is 12.2. The highest BCUT2D eigenvalue weighted by atomic mass is 35.5. The van der Waals surface area contributed by atoms with Crippen LogP contribution in [0.3, 0.4) is 0 Å². The van der Waals surface area contributed by atoms with Gasteiger partial charge in [0.1, 0.15) is 16.1 Å². The van der Waals surface area contributed by atoms with Gasteiger partial charge >= 0.3 is 12.6 Å². The molecule has 1 aliphatic rings. The number of esters is 1. The average Bonchev–Trinajstić information content (AvgIpc) is 3.69. The summed E-state index contributed by atoms with van der Waals surface area (Å²) in [5, 5.41) is 11.8. The molecular formula is C27H26Cl2F2N2O7S. The lowest BCUT2D eigenvalue weighted by Crippen LogP contribution is -2.25. The zero-order valence-electron chi connectivity index (χ0n) is 21.9. The topological polar surface area (TPSA) is 118 Å². The monoisotopic (exact) mass is 630 g/mol. The van der Waals surface area contributed by atoms with E-state index >= 15 is 0 Å². The Bertz CT molecular complexity index is 1530. The number of hydrogen-bond acceptors (Lipinski definition) is 7. The van der Waals surface area contributed by atoms with Gasteiger partial charge in [-0.25, -0.2) is 13.2 Å². The number of carbonyl (C=O) groups excluding carboxylic acids is 1. The maximum absolute atomic E-state index is 13.3. The summed E-state index contributed by atoms with van der Waals surface area (Å²) in [5.41, 5.74) is 1.57. The Morgan fingerprint density at radius 1 is 1.12 bits per heavy atom. The molecule has 0 radical (unpaired) electrons. The van der Waals surface area contributed by atoms with Crippen molar-refractivity contribution >= 4 is 44.9 Å². The molecule has 4 rings (SSSR count). The molecule has 1 heterocycles. The van der Waals surface area contributed by atoms with Gasteiger partial charge in [0.05, 0.1) is 24.1 Å². The lowest BCUT2D eigenvalue weighted by Gasteiger charge is -2.22. The van der Waals surface area contributed by atoms with E-state index in [1.54, 1.807) is 6.92 Å². The van der Waals surface area contributed by atoms with Gasteiger partial charge in [-0.05, 0) is 67.1 Å². The van der Waals surface area contributed by atoms with Crippen LogP contribution < -0.4 is 18.9 Å². The Balaban J connectivity index is 1.68. The quantitative estimate of drug-likeness (QED) is 0.152. The highest BCUT2D eigenvalue weighted by Gasteiger charge is 2.27. The van der Waals surface area contributed by atoms with Crippen LogP contribution in [0.4, 0.5) is 14.5 Å². The third-order valence-corrected chi connectivity index (χ3v) is 7.42. The Morgan fingerprint density at radius 3 is 2.39 bits per heavy atom. The predicted octanol–water partition coefficient (Wildman–Crippen LogP) is 5.84. The maximum atomic E-state index is 13.3. The number of rotatable bonds is 12. The average molecular weight is 631 g/mol. The molecule has 1 aliphatic carbocycles. The van der Waals surface area contributed by atoms with Crippen LogP contribution in [-0.4, -0.2) is 33.9 Å². The van der Waals surface area contributed by atoms with Gasteiger partial charge in [0.2, 0.25) is 10.0 Å². The molecule has 1 saturated carbocycles. The van der Waals surface area contributed by atoms with Gasteiger partial charge in [-0.1, -0.05) is 29.3 Å². The number of anilines is 1. The van der Waals surface area contributed by atoms with E-state index in [-0.39, 0.29) is 33.5 Å². The number of aromatic nitrogens is 1. The number of nitrogens with zero attached hydrogens (tertiary/aromatic N) is 1. The fraction of sp³-hybridized carbons (Fsp3) is 0.333. The van der Waals surface area contributed by atoms with Crippen LogP contribution in [-0.2, 0) is 21.2 Å². The van der Waals surface area contributed by atoms with Gasteiger partial charge in [0, 0.05) is 12.0 Å². The summed E-state index contributed by atoms with van der Waals surface area (Å²) in [6, 6.07) is 8.47. The molecule has 0 aliphatic heterocycles. The number of nitrogens with one attached hydrogen (secondary N) is 1. The van der Waals surface area contributed by atoms with Crippen molar-refractivity contribution in [2.45, 2.75) is 38.9 Å². The number of benzene rings is 2. The Kier molecular flexibility index (Phi) is 9.45. The van der Waals surface area contributed by atoms with E-state index in [1.165, 1.54) is 36.4 Å². The predicted molar refractivity (Wildman–Crippen MR) is 148 cm³/mol. The van der Waals surface area contributed by atoms with Crippen LogP contribution in [0.1, 0.15) is 46.0 Å². The number of ether oxygens (including phenoxy) is 3. The van der Waals surface area contributed by atoms with Crippen molar-refractivity contribution in [3.05, 3.63) is 86.3 Å². The van der Waals surface area contributed by atoms with Gasteiger partial charge in [-0.2, -0.15) is 13.5 Å². The van der Waals surface area contributed by atoms with Crippen molar-refractivity contribution in [3.8, 4) is 11.5 Å². The minimum Gasteiger partial charge on any atom is -0.619 e. The summed E-state index contributed by atoms with van der Waals surface area (Å²) in [4.78, 5) is 13.3. The lowest BCUT2D eigenvalue weighted by molar-refractivity contribution is -0.605. The molecule has 1 unspecified atom stereocenters. The fourth-order valence-electron chi connectivity index (χ4n) is 3.96. The van der Waals surface area contributed by atoms with Crippen molar-refractivity contribution in [2.75, 3.05) is 17.6 Å².